The molecule has 182 valence electrons. The van der Waals surface area contributed by atoms with Gasteiger partial charge in [-0.05, 0) is 65.8 Å². The molecule has 0 saturated heterocycles. The highest BCUT2D eigenvalue weighted by molar-refractivity contribution is 14.1. The molecular weight excluding hydrogens is 580 g/mol. The van der Waals surface area contributed by atoms with Gasteiger partial charge in [0.25, 0.3) is 5.91 Å². The third kappa shape index (κ3) is 5.66. The number of methoxy groups -OCH3 is 1. The first-order chi connectivity index (χ1) is 16.1. The number of sulfonamides is 1. The van der Waals surface area contributed by atoms with Gasteiger partial charge >= 0.3 is 5.97 Å². The molecule has 2 aromatic heterocycles. The molecule has 9 nitrogen and oxygen atoms in total. The quantitative estimate of drug-likeness (QED) is 0.225. The fraction of sp³-hybridized carbons (Fsp3) is 0.318. The summed E-state index contributed by atoms with van der Waals surface area (Å²) in [5.74, 6) is -0.889. The standard InChI is InChI=1S/C22H23FIN3O6S/c1-25-21(29)18-15-12-16(24)20(27(34(3,30)31)11-5-4-6-17(28)32-2)26-22(15)33-19(18)13-7-9-14(23)10-8-13/h7-10,12H,4-6,11H2,1-3H3,(H,25,29). The summed E-state index contributed by atoms with van der Waals surface area (Å²) in [5, 5.41) is 2.96. The predicted octanol–water partition coefficient (Wildman–Crippen LogP) is 3.71. The van der Waals surface area contributed by atoms with Crippen molar-refractivity contribution in [2.24, 2.45) is 0 Å². The minimum absolute atomic E-state index is 0.0663. The number of fused-ring (bicyclic) bond motifs is 1. The van der Waals surface area contributed by atoms with Gasteiger partial charge in [-0.2, -0.15) is 4.98 Å². The number of rotatable bonds is 9. The van der Waals surface area contributed by atoms with Crippen molar-refractivity contribution in [1.82, 2.24) is 10.3 Å². The lowest BCUT2D eigenvalue weighted by Crippen LogP contribution is -2.32. The number of carbonyl (C=O) groups excluding carboxylic acids is 2. The zero-order chi connectivity index (χ0) is 25.0. The van der Waals surface area contributed by atoms with Crippen molar-refractivity contribution < 1.29 is 31.6 Å². The van der Waals surface area contributed by atoms with Crippen LogP contribution in [0.4, 0.5) is 10.2 Å². The van der Waals surface area contributed by atoms with Crippen molar-refractivity contribution in [2.45, 2.75) is 19.3 Å². The molecule has 0 spiro atoms. The molecule has 0 saturated carbocycles. The normalized spacial score (nSPS) is 11.4. The summed E-state index contributed by atoms with van der Waals surface area (Å²) in [5.41, 5.74) is 0.749. The van der Waals surface area contributed by atoms with Crippen LogP contribution >= 0.6 is 22.6 Å². The van der Waals surface area contributed by atoms with E-state index < -0.39 is 21.7 Å². The minimum atomic E-state index is -3.71. The summed E-state index contributed by atoms with van der Waals surface area (Å²) in [4.78, 5) is 28.5. The number of amides is 1. The molecule has 1 amide bonds. The number of pyridine rings is 1. The van der Waals surface area contributed by atoms with Crippen LogP contribution in [-0.4, -0.2) is 52.2 Å². The van der Waals surface area contributed by atoms with E-state index in [0.717, 1.165) is 10.6 Å². The van der Waals surface area contributed by atoms with Gasteiger partial charge in [-0.1, -0.05) is 0 Å². The van der Waals surface area contributed by atoms with Crippen molar-refractivity contribution in [2.75, 3.05) is 31.3 Å². The maximum atomic E-state index is 13.4. The number of hydrogen-bond donors (Lipinski definition) is 1. The number of anilines is 1. The van der Waals surface area contributed by atoms with Gasteiger partial charge in [0.2, 0.25) is 15.7 Å². The molecule has 1 aromatic carbocycles. The van der Waals surface area contributed by atoms with Crippen LogP contribution in [0.2, 0.25) is 0 Å². The number of furan rings is 1. The van der Waals surface area contributed by atoms with E-state index in [1.807, 2.05) is 22.6 Å². The molecule has 0 unspecified atom stereocenters. The molecule has 0 bridgehead atoms. The van der Waals surface area contributed by atoms with E-state index in [9.17, 15) is 22.4 Å². The number of carbonyl (C=O) groups is 2. The van der Waals surface area contributed by atoms with E-state index in [-0.39, 0.29) is 41.8 Å². The Balaban J connectivity index is 2.08. The Morgan fingerprint density at radius 1 is 1.24 bits per heavy atom. The highest BCUT2D eigenvalue weighted by atomic mass is 127. The van der Waals surface area contributed by atoms with E-state index >= 15 is 0 Å². The second-order valence-corrected chi connectivity index (χ2v) is 10.5. The van der Waals surface area contributed by atoms with E-state index in [1.54, 1.807) is 6.07 Å². The van der Waals surface area contributed by atoms with Gasteiger partial charge in [-0.3, -0.25) is 13.9 Å². The molecule has 0 aliphatic heterocycles. The van der Waals surface area contributed by atoms with Crippen LogP contribution in [0.15, 0.2) is 34.7 Å². The molecule has 3 aromatic rings. The van der Waals surface area contributed by atoms with Crippen LogP contribution in [0.1, 0.15) is 29.6 Å². The molecule has 3 rings (SSSR count). The topological polar surface area (TPSA) is 119 Å². The third-order valence-corrected chi connectivity index (χ3v) is 6.98. The Morgan fingerprint density at radius 2 is 1.91 bits per heavy atom. The first kappa shape index (κ1) is 25.9. The number of nitrogens with one attached hydrogen (secondary N) is 1. The molecule has 1 N–H and O–H groups in total. The lowest BCUT2D eigenvalue weighted by atomic mass is 10.1. The van der Waals surface area contributed by atoms with Crippen molar-refractivity contribution >= 4 is 61.4 Å². The molecule has 0 atom stereocenters. The number of nitrogens with zero attached hydrogens (tertiary/aromatic N) is 2. The van der Waals surface area contributed by atoms with Crippen molar-refractivity contribution in [3.05, 3.63) is 45.3 Å². The van der Waals surface area contributed by atoms with Crippen LogP contribution in [-0.2, 0) is 19.6 Å². The molecule has 0 radical (unpaired) electrons. The van der Waals surface area contributed by atoms with Gasteiger partial charge in [0, 0.05) is 25.6 Å². The molecule has 12 heteroatoms. The molecular formula is C22H23FIN3O6S. The number of hydrogen-bond acceptors (Lipinski definition) is 7. The number of esters is 1. The highest BCUT2D eigenvalue weighted by Gasteiger charge is 2.27. The average Bonchev–Trinajstić information content (AvgIpc) is 3.15. The smallest absolute Gasteiger partial charge is 0.305 e. The van der Waals surface area contributed by atoms with Crippen molar-refractivity contribution in [3.8, 4) is 11.3 Å². The van der Waals surface area contributed by atoms with Gasteiger partial charge in [0.05, 0.1) is 27.9 Å². The predicted molar refractivity (Wildman–Crippen MR) is 134 cm³/mol. The number of benzene rings is 1. The van der Waals surface area contributed by atoms with Crippen LogP contribution in [0.25, 0.3) is 22.4 Å². The van der Waals surface area contributed by atoms with E-state index in [1.165, 1.54) is 38.4 Å². The second kappa shape index (κ2) is 10.7. The molecule has 0 fully saturated rings. The lowest BCUT2D eigenvalue weighted by Gasteiger charge is -2.22. The number of halogens is 2. The summed E-state index contributed by atoms with van der Waals surface area (Å²) in [6.07, 6.45) is 2.08. The van der Waals surface area contributed by atoms with Gasteiger partial charge < -0.3 is 14.5 Å². The zero-order valence-corrected chi connectivity index (χ0v) is 21.7. The summed E-state index contributed by atoms with van der Waals surface area (Å²) < 4.78 is 50.6. The SMILES string of the molecule is CNC(=O)c1c(-c2ccc(F)cc2)oc2nc(N(CCCCC(=O)OC)S(C)(=O)=O)c(I)cc12. The maximum Gasteiger partial charge on any atom is 0.305 e. The molecule has 0 aliphatic carbocycles. The van der Waals surface area contributed by atoms with Crippen LogP contribution in [0.5, 0.6) is 0 Å². The molecule has 0 aliphatic rings. The Labute approximate surface area is 209 Å². The Kier molecular flexibility index (Phi) is 8.13. The maximum absolute atomic E-state index is 13.4. The summed E-state index contributed by atoms with van der Waals surface area (Å²) in [6, 6.07) is 7.09. The van der Waals surface area contributed by atoms with Crippen molar-refractivity contribution in [1.29, 1.82) is 0 Å². The van der Waals surface area contributed by atoms with Crippen molar-refractivity contribution in [3.63, 3.8) is 0 Å². The van der Waals surface area contributed by atoms with Gasteiger partial charge in [0.1, 0.15) is 11.6 Å². The summed E-state index contributed by atoms with van der Waals surface area (Å²) in [6.45, 7) is 0.0954. The fourth-order valence-corrected chi connectivity index (χ4v) is 5.18. The van der Waals surface area contributed by atoms with Gasteiger partial charge in [-0.25, -0.2) is 12.8 Å². The Hall–Kier alpha value is -2.74. The van der Waals surface area contributed by atoms with E-state index in [4.69, 9.17) is 4.42 Å². The number of ether oxygens (including phenoxy) is 1. The average molecular weight is 603 g/mol. The van der Waals surface area contributed by atoms with Gasteiger partial charge in [0.15, 0.2) is 5.82 Å². The van der Waals surface area contributed by atoms with Crippen LogP contribution in [0.3, 0.4) is 0 Å². The van der Waals surface area contributed by atoms with Gasteiger partial charge in [-0.15, -0.1) is 0 Å². The third-order valence-electron chi connectivity index (χ3n) is 5.03. The fourth-order valence-electron chi connectivity index (χ4n) is 3.38. The zero-order valence-electron chi connectivity index (χ0n) is 18.7. The minimum Gasteiger partial charge on any atom is -0.469 e. The first-order valence-corrected chi connectivity index (χ1v) is 13.1. The highest BCUT2D eigenvalue weighted by Crippen LogP contribution is 2.36. The number of aromatic nitrogens is 1. The second-order valence-electron chi connectivity index (χ2n) is 7.41. The van der Waals surface area contributed by atoms with E-state index in [2.05, 4.69) is 15.0 Å². The Morgan fingerprint density at radius 3 is 2.50 bits per heavy atom. The first-order valence-electron chi connectivity index (χ1n) is 10.2. The monoisotopic (exact) mass is 603 g/mol. The van der Waals surface area contributed by atoms with E-state index in [0.29, 0.717) is 27.4 Å². The lowest BCUT2D eigenvalue weighted by molar-refractivity contribution is -0.140. The summed E-state index contributed by atoms with van der Waals surface area (Å²) in [7, 11) is -0.940. The molecule has 34 heavy (non-hydrogen) atoms. The number of unbranched alkanes of at least 4 members (excludes halogenated alkanes) is 1. The Bertz CT molecular complexity index is 1320. The van der Waals surface area contributed by atoms with Crippen LogP contribution in [0, 0.1) is 9.39 Å². The molecule has 2 heterocycles. The summed E-state index contributed by atoms with van der Waals surface area (Å²) >= 11 is 1.96. The van der Waals surface area contributed by atoms with Crippen LogP contribution < -0.4 is 9.62 Å². The largest absolute Gasteiger partial charge is 0.469 e.